The Kier molecular flexibility index (Phi) is 9.01. The molecular weight excluding hydrogens is 353 g/mol. The topological polar surface area (TPSA) is 44.4 Å². The van der Waals surface area contributed by atoms with Crippen molar-refractivity contribution in [3.8, 4) is 0 Å². The number of amides is 1. The van der Waals surface area contributed by atoms with Crippen molar-refractivity contribution in [2.75, 3.05) is 26.7 Å². The predicted molar refractivity (Wildman–Crippen MR) is 107 cm³/mol. The highest BCUT2D eigenvalue weighted by atomic mass is 35.5. The van der Waals surface area contributed by atoms with E-state index in [1.54, 1.807) is 12.1 Å². The Morgan fingerprint density at radius 3 is 2.54 bits per heavy atom. The molecule has 1 aromatic rings. The van der Waals surface area contributed by atoms with Crippen molar-refractivity contribution in [2.24, 2.45) is 5.41 Å². The standard InChI is InChI=1S/C20H32FN3O.ClH/c1-20(2,3)12-18(15-7-9-16(21)10-8-15)23-19(25)14-24-11-5-6-17(13-24)22-4;/h7-10,17-18,22H,5-6,11-14H2,1-4H3,(H,23,25);1H. The van der Waals surface area contributed by atoms with Gasteiger partial charge in [-0.05, 0) is 56.0 Å². The van der Waals surface area contributed by atoms with Gasteiger partial charge in [0, 0.05) is 12.6 Å². The van der Waals surface area contributed by atoms with Crippen LogP contribution in [0.25, 0.3) is 0 Å². The number of rotatable bonds is 6. The third-order valence-electron chi connectivity index (χ3n) is 4.71. The molecule has 1 aliphatic rings. The highest BCUT2D eigenvalue weighted by Crippen LogP contribution is 2.29. The summed E-state index contributed by atoms with van der Waals surface area (Å²) in [6.07, 6.45) is 3.09. The average Bonchev–Trinajstić information content (AvgIpc) is 2.53. The van der Waals surface area contributed by atoms with Gasteiger partial charge in [0.25, 0.3) is 0 Å². The summed E-state index contributed by atoms with van der Waals surface area (Å²) in [6, 6.07) is 6.81. The number of hydrogen-bond acceptors (Lipinski definition) is 3. The highest BCUT2D eigenvalue weighted by Gasteiger charge is 2.24. The molecule has 1 saturated heterocycles. The van der Waals surface area contributed by atoms with E-state index in [0.29, 0.717) is 12.6 Å². The maximum absolute atomic E-state index is 13.2. The molecule has 2 atom stereocenters. The van der Waals surface area contributed by atoms with Crippen molar-refractivity contribution in [2.45, 2.75) is 52.1 Å². The lowest BCUT2D eigenvalue weighted by Gasteiger charge is -2.33. The van der Waals surface area contributed by atoms with Gasteiger partial charge in [-0.15, -0.1) is 12.4 Å². The second-order valence-electron chi connectivity index (χ2n) is 8.30. The van der Waals surface area contributed by atoms with Gasteiger partial charge < -0.3 is 10.6 Å². The minimum Gasteiger partial charge on any atom is -0.348 e. The minimum absolute atomic E-state index is 0. The Morgan fingerprint density at radius 2 is 1.96 bits per heavy atom. The Morgan fingerprint density at radius 1 is 1.31 bits per heavy atom. The van der Waals surface area contributed by atoms with Crippen molar-refractivity contribution in [3.63, 3.8) is 0 Å². The fourth-order valence-electron chi connectivity index (χ4n) is 3.44. The Balaban J connectivity index is 0.00000338. The molecule has 0 aliphatic carbocycles. The van der Waals surface area contributed by atoms with E-state index in [1.165, 1.54) is 12.1 Å². The largest absolute Gasteiger partial charge is 0.348 e. The van der Waals surface area contributed by atoms with Crippen molar-refractivity contribution < 1.29 is 9.18 Å². The number of likely N-dealkylation sites (tertiary alicyclic amines) is 1. The van der Waals surface area contributed by atoms with Crippen LogP contribution in [0, 0.1) is 11.2 Å². The molecule has 2 rings (SSSR count). The van der Waals surface area contributed by atoms with Crippen LogP contribution in [-0.4, -0.2) is 43.5 Å². The van der Waals surface area contributed by atoms with E-state index in [-0.39, 0.29) is 35.6 Å². The second kappa shape index (κ2) is 10.2. The first-order chi connectivity index (χ1) is 11.8. The van der Waals surface area contributed by atoms with Crippen molar-refractivity contribution >= 4 is 18.3 Å². The van der Waals surface area contributed by atoms with Crippen molar-refractivity contribution in [1.29, 1.82) is 0 Å². The molecule has 1 heterocycles. The van der Waals surface area contributed by atoms with E-state index < -0.39 is 0 Å². The second-order valence-corrected chi connectivity index (χ2v) is 8.30. The number of likely N-dealkylation sites (N-methyl/N-ethyl adjacent to an activating group) is 1. The smallest absolute Gasteiger partial charge is 0.234 e. The Bertz CT molecular complexity index is 559. The Labute approximate surface area is 163 Å². The number of nitrogens with one attached hydrogen (secondary N) is 2. The van der Waals surface area contributed by atoms with Crippen molar-refractivity contribution in [1.82, 2.24) is 15.5 Å². The molecule has 1 aromatic carbocycles. The fourth-order valence-corrected chi connectivity index (χ4v) is 3.44. The summed E-state index contributed by atoms with van der Waals surface area (Å²) in [5.41, 5.74) is 1.02. The first kappa shape index (κ1) is 22.9. The van der Waals surface area contributed by atoms with Gasteiger partial charge in [0.15, 0.2) is 0 Å². The maximum Gasteiger partial charge on any atom is 0.234 e. The monoisotopic (exact) mass is 385 g/mol. The van der Waals surface area contributed by atoms with Crippen LogP contribution in [0.4, 0.5) is 4.39 Å². The third kappa shape index (κ3) is 7.60. The molecular formula is C20H33ClFN3O. The van der Waals surface area contributed by atoms with Gasteiger partial charge in [0.2, 0.25) is 5.91 Å². The summed E-state index contributed by atoms with van der Waals surface area (Å²) in [7, 11) is 1.97. The van der Waals surface area contributed by atoms with E-state index >= 15 is 0 Å². The summed E-state index contributed by atoms with van der Waals surface area (Å²) in [6.45, 7) is 8.74. The SMILES string of the molecule is CNC1CCCN(CC(=O)NC(CC(C)(C)C)c2ccc(F)cc2)C1.Cl. The lowest BCUT2D eigenvalue weighted by atomic mass is 9.85. The zero-order valence-electron chi connectivity index (χ0n) is 16.3. The van der Waals surface area contributed by atoms with Gasteiger partial charge in [0.1, 0.15) is 5.82 Å². The average molecular weight is 386 g/mol. The van der Waals surface area contributed by atoms with E-state index in [2.05, 4.69) is 36.3 Å². The fraction of sp³-hybridized carbons (Fsp3) is 0.650. The molecule has 2 N–H and O–H groups in total. The maximum atomic E-state index is 13.2. The number of carbonyl (C=O) groups is 1. The van der Waals surface area contributed by atoms with Gasteiger partial charge in [-0.1, -0.05) is 32.9 Å². The number of piperidine rings is 1. The first-order valence-electron chi connectivity index (χ1n) is 9.21. The van der Waals surface area contributed by atoms with Crippen molar-refractivity contribution in [3.05, 3.63) is 35.6 Å². The van der Waals surface area contributed by atoms with Crippen LogP contribution in [0.15, 0.2) is 24.3 Å². The normalized spacial score (nSPS) is 19.5. The van der Waals surface area contributed by atoms with Crippen LogP contribution < -0.4 is 10.6 Å². The molecule has 2 unspecified atom stereocenters. The number of halogens is 2. The molecule has 0 bridgehead atoms. The summed E-state index contributed by atoms with van der Waals surface area (Å²) < 4.78 is 13.2. The molecule has 1 fully saturated rings. The molecule has 0 spiro atoms. The molecule has 26 heavy (non-hydrogen) atoms. The van der Waals surface area contributed by atoms with E-state index in [9.17, 15) is 9.18 Å². The lowest BCUT2D eigenvalue weighted by Crippen LogP contribution is -2.48. The third-order valence-corrected chi connectivity index (χ3v) is 4.71. The van der Waals surface area contributed by atoms with Crippen LogP contribution in [0.3, 0.4) is 0 Å². The van der Waals surface area contributed by atoms with Crippen LogP contribution in [-0.2, 0) is 4.79 Å². The number of nitrogens with zero attached hydrogens (tertiary/aromatic N) is 1. The molecule has 0 saturated carbocycles. The van der Waals surface area contributed by atoms with Gasteiger partial charge in [0.05, 0.1) is 12.6 Å². The van der Waals surface area contributed by atoms with Gasteiger partial charge >= 0.3 is 0 Å². The van der Waals surface area contributed by atoms with Crippen LogP contribution in [0.2, 0.25) is 0 Å². The van der Waals surface area contributed by atoms with Gasteiger partial charge in [-0.3, -0.25) is 9.69 Å². The molecule has 148 valence electrons. The number of carbonyl (C=O) groups excluding carboxylic acids is 1. The van der Waals surface area contributed by atoms with E-state index in [1.807, 2.05) is 7.05 Å². The number of hydrogen-bond donors (Lipinski definition) is 2. The van der Waals surface area contributed by atoms with Crippen LogP contribution >= 0.6 is 12.4 Å². The molecule has 1 aliphatic heterocycles. The quantitative estimate of drug-likeness (QED) is 0.787. The van der Waals surface area contributed by atoms with E-state index in [4.69, 9.17) is 0 Å². The first-order valence-corrected chi connectivity index (χ1v) is 9.21. The minimum atomic E-state index is -0.254. The molecule has 4 nitrogen and oxygen atoms in total. The highest BCUT2D eigenvalue weighted by molar-refractivity contribution is 5.85. The molecule has 1 amide bonds. The molecule has 0 aromatic heterocycles. The van der Waals surface area contributed by atoms with Crippen LogP contribution in [0.5, 0.6) is 0 Å². The Hall–Kier alpha value is -1.17. The van der Waals surface area contributed by atoms with Gasteiger partial charge in [-0.25, -0.2) is 4.39 Å². The van der Waals surface area contributed by atoms with Crippen LogP contribution in [0.1, 0.15) is 51.6 Å². The lowest BCUT2D eigenvalue weighted by molar-refractivity contribution is -0.123. The van der Waals surface area contributed by atoms with E-state index in [0.717, 1.165) is 37.9 Å². The summed E-state index contributed by atoms with van der Waals surface area (Å²) >= 11 is 0. The predicted octanol–water partition coefficient (Wildman–Crippen LogP) is 3.52. The molecule has 0 radical (unpaired) electrons. The molecule has 6 heteroatoms. The number of benzene rings is 1. The zero-order chi connectivity index (χ0) is 18.4. The van der Waals surface area contributed by atoms with Gasteiger partial charge in [-0.2, -0.15) is 0 Å². The summed E-state index contributed by atoms with van der Waals surface area (Å²) in [5.74, 6) is -0.216. The zero-order valence-corrected chi connectivity index (χ0v) is 17.2. The summed E-state index contributed by atoms with van der Waals surface area (Å²) in [4.78, 5) is 14.8. The summed E-state index contributed by atoms with van der Waals surface area (Å²) in [5, 5.41) is 6.47.